The molecule has 0 amide bonds. The van der Waals surface area contributed by atoms with Crippen molar-refractivity contribution in [3.05, 3.63) is 34.3 Å². The Labute approximate surface area is 98.9 Å². The molecule has 1 aromatic rings. The Morgan fingerprint density at radius 2 is 2.00 bits per heavy atom. The lowest BCUT2D eigenvalue weighted by molar-refractivity contribution is -0.137. The molecule has 16 heavy (non-hydrogen) atoms. The van der Waals surface area contributed by atoms with Crippen LogP contribution in [0.3, 0.4) is 0 Å². The molecule has 1 aromatic carbocycles. The molecular weight excluding hydrogens is 268 g/mol. The zero-order valence-corrected chi connectivity index (χ0v) is 9.16. The zero-order chi connectivity index (χ0) is 12.3. The minimum atomic E-state index is -4.54. The largest absolute Gasteiger partial charge is 0.449 e. The zero-order valence-electron chi connectivity index (χ0n) is 7.65. The van der Waals surface area contributed by atoms with Crippen molar-refractivity contribution in [2.75, 3.05) is 0 Å². The number of hydrogen-bond donors (Lipinski definition) is 0. The number of carbonyl (C=O) groups excluding carboxylic acids is 1. The molecule has 0 N–H and O–H groups in total. The van der Waals surface area contributed by atoms with E-state index in [1.54, 1.807) is 0 Å². The summed E-state index contributed by atoms with van der Waals surface area (Å²) in [5.41, 5.74) is -1.90. The van der Waals surface area contributed by atoms with Crippen molar-refractivity contribution in [2.24, 2.45) is 0 Å². The lowest BCUT2D eigenvalue weighted by Crippen LogP contribution is -2.07. The molecule has 0 aromatic heterocycles. The van der Waals surface area contributed by atoms with E-state index in [1.165, 1.54) is 6.07 Å². The molecule has 0 radical (unpaired) electrons. The van der Waals surface area contributed by atoms with Crippen LogP contribution in [0.4, 0.5) is 18.0 Å². The van der Waals surface area contributed by atoms with E-state index in [9.17, 15) is 18.0 Å². The Hall–Kier alpha value is -0.940. The molecule has 0 bridgehead atoms. The van der Waals surface area contributed by atoms with E-state index in [-0.39, 0.29) is 12.2 Å². The summed E-state index contributed by atoms with van der Waals surface area (Å²) in [7, 11) is 0. The van der Waals surface area contributed by atoms with Crippen LogP contribution in [0.1, 0.15) is 11.1 Å². The monoisotopic (exact) mass is 272 g/mol. The minimum Gasteiger partial charge on any atom is -0.449 e. The second-order valence-corrected chi connectivity index (χ2v) is 3.55. The Balaban J connectivity index is 2.94. The average Bonchev–Trinajstić information content (AvgIpc) is 2.14. The van der Waals surface area contributed by atoms with E-state index >= 15 is 0 Å². The van der Waals surface area contributed by atoms with E-state index in [0.29, 0.717) is 0 Å². The smallest absolute Gasteiger partial charge is 0.417 e. The summed E-state index contributed by atoms with van der Waals surface area (Å²) in [6, 6.07) is 3.21. The van der Waals surface area contributed by atoms with E-state index in [1.807, 2.05) is 0 Å². The maximum atomic E-state index is 12.4. The SMILES string of the molecule is O=C(Cl)OCc1ccc(Cl)c(C(F)(F)F)c1. The highest BCUT2D eigenvalue weighted by Gasteiger charge is 2.33. The van der Waals surface area contributed by atoms with Gasteiger partial charge in [-0.15, -0.1) is 0 Å². The normalized spacial score (nSPS) is 11.3. The molecule has 0 unspecified atom stereocenters. The summed E-state index contributed by atoms with van der Waals surface area (Å²) >= 11 is 10.3. The minimum absolute atomic E-state index is 0.158. The first-order chi connectivity index (χ1) is 7.30. The fourth-order valence-electron chi connectivity index (χ4n) is 1.02. The van der Waals surface area contributed by atoms with Gasteiger partial charge in [-0.1, -0.05) is 17.7 Å². The number of hydrogen-bond acceptors (Lipinski definition) is 2. The summed E-state index contributed by atoms with van der Waals surface area (Å²) in [5, 5.41) is -0.409. The van der Waals surface area contributed by atoms with Gasteiger partial charge in [0.15, 0.2) is 0 Å². The number of benzene rings is 1. The standard InChI is InChI=1S/C9H5Cl2F3O2/c10-7-2-1-5(4-16-8(11)15)3-6(7)9(12,13)14/h1-3H,4H2. The number of ether oxygens (including phenoxy) is 1. The van der Waals surface area contributed by atoms with Gasteiger partial charge in [-0.2, -0.15) is 13.2 Å². The van der Waals surface area contributed by atoms with Crippen molar-refractivity contribution in [1.29, 1.82) is 0 Å². The van der Waals surface area contributed by atoms with Crippen molar-refractivity contribution in [2.45, 2.75) is 12.8 Å². The first-order valence-corrected chi connectivity index (χ1v) is 4.74. The molecule has 7 heteroatoms. The lowest BCUT2D eigenvalue weighted by atomic mass is 10.1. The predicted octanol–water partition coefficient (Wildman–Crippen LogP) is 4.23. The van der Waals surface area contributed by atoms with Gasteiger partial charge in [-0.25, -0.2) is 4.79 Å². The van der Waals surface area contributed by atoms with E-state index in [4.69, 9.17) is 23.2 Å². The molecular formula is C9H5Cl2F3O2. The molecule has 0 saturated heterocycles. The van der Waals surface area contributed by atoms with Crippen molar-refractivity contribution in [3.8, 4) is 0 Å². The summed E-state index contributed by atoms with van der Waals surface area (Å²) in [6.45, 7) is -0.331. The Bertz CT molecular complexity index is 404. The molecule has 1 rings (SSSR count). The number of alkyl halides is 3. The van der Waals surface area contributed by atoms with Crippen LogP contribution in [0.5, 0.6) is 0 Å². The Kier molecular flexibility index (Phi) is 4.04. The van der Waals surface area contributed by atoms with Crippen LogP contribution in [0, 0.1) is 0 Å². The Morgan fingerprint density at radius 3 is 2.50 bits per heavy atom. The van der Waals surface area contributed by atoms with Gasteiger partial charge < -0.3 is 4.74 Å². The molecule has 0 aliphatic carbocycles. The van der Waals surface area contributed by atoms with Crippen molar-refractivity contribution < 1.29 is 22.7 Å². The van der Waals surface area contributed by atoms with Crippen LogP contribution >= 0.6 is 23.2 Å². The van der Waals surface area contributed by atoms with Crippen molar-refractivity contribution in [3.63, 3.8) is 0 Å². The molecule has 0 saturated carbocycles. The van der Waals surface area contributed by atoms with Gasteiger partial charge in [0.1, 0.15) is 6.61 Å². The molecule has 0 spiro atoms. The molecule has 0 aliphatic heterocycles. The van der Waals surface area contributed by atoms with Crippen molar-refractivity contribution >= 4 is 28.6 Å². The highest BCUT2D eigenvalue weighted by atomic mass is 35.5. The highest BCUT2D eigenvalue weighted by Crippen LogP contribution is 2.35. The first-order valence-electron chi connectivity index (χ1n) is 3.98. The van der Waals surface area contributed by atoms with Crippen LogP contribution in [-0.4, -0.2) is 5.43 Å². The number of rotatable bonds is 2. The molecule has 0 aliphatic rings. The van der Waals surface area contributed by atoms with Crippen LogP contribution in [0.15, 0.2) is 18.2 Å². The van der Waals surface area contributed by atoms with Gasteiger partial charge in [-0.3, -0.25) is 0 Å². The summed E-state index contributed by atoms with van der Waals surface area (Å²) in [4.78, 5) is 10.3. The third-order valence-corrected chi connectivity index (χ3v) is 2.13. The highest BCUT2D eigenvalue weighted by molar-refractivity contribution is 6.61. The maximum Gasteiger partial charge on any atom is 0.417 e. The predicted molar refractivity (Wildman–Crippen MR) is 52.5 cm³/mol. The molecule has 0 atom stereocenters. The van der Waals surface area contributed by atoms with Crippen LogP contribution < -0.4 is 0 Å². The van der Waals surface area contributed by atoms with E-state index in [0.717, 1.165) is 12.1 Å². The maximum absolute atomic E-state index is 12.4. The van der Waals surface area contributed by atoms with Crippen LogP contribution in [-0.2, 0) is 17.5 Å². The molecule has 0 fully saturated rings. The van der Waals surface area contributed by atoms with Gasteiger partial charge in [0.2, 0.25) is 0 Å². The summed E-state index contributed by atoms with van der Waals surface area (Å²) in [5.74, 6) is 0. The quantitative estimate of drug-likeness (QED) is 0.753. The van der Waals surface area contributed by atoms with Gasteiger partial charge in [-0.05, 0) is 17.7 Å². The first kappa shape index (κ1) is 13.1. The van der Waals surface area contributed by atoms with Crippen LogP contribution in [0.25, 0.3) is 0 Å². The molecule has 0 heterocycles. The second-order valence-electron chi connectivity index (χ2n) is 2.84. The average molecular weight is 273 g/mol. The van der Waals surface area contributed by atoms with Gasteiger partial charge in [0, 0.05) is 11.6 Å². The van der Waals surface area contributed by atoms with Gasteiger partial charge in [0.25, 0.3) is 0 Å². The van der Waals surface area contributed by atoms with Gasteiger partial charge in [0.05, 0.1) is 10.6 Å². The third kappa shape index (κ3) is 3.57. The van der Waals surface area contributed by atoms with Crippen LogP contribution in [0.2, 0.25) is 5.02 Å². The lowest BCUT2D eigenvalue weighted by Gasteiger charge is -2.10. The second kappa shape index (κ2) is 4.93. The summed E-state index contributed by atoms with van der Waals surface area (Å²) < 4.78 is 41.6. The third-order valence-electron chi connectivity index (χ3n) is 1.69. The van der Waals surface area contributed by atoms with Gasteiger partial charge >= 0.3 is 11.6 Å². The van der Waals surface area contributed by atoms with E-state index in [2.05, 4.69) is 4.74 Å². The molecule has 88 valence electrons. The fourth-order valence-corrected chi connectivity index (χ4v) is 1.30. The summed E-state index contributed by atoms with van der Waals surface area (Å²) in [6.07, 6.45) is -4.54. The number of carbonyl (C=O) groups is 1. The van der Waals surface area contributed by atoms with E-state index < -0.39 is 22.2 Å². The molecule has 2 nitrogen and oxygen atoms in total. The fraction of sp³-hybridized carbons (Fsp3) is 0.222. The topological polar surface area (TPSA) is 26.3 Å². The van der Waals surface area contributed by atoms with Crippen molar-refractivity contribution in [1.82, 2.24) is 0 Å². The Morgan fingerprint density at radius 1 is 1.38 bits per heavy atom. The number of halogens is 5.